The van der Waals surface area contributed by atoms with Crippen LogP contribution in [0.5, 0.6) is 0 Å². The highest BCUT2D eigenvalue weighted by atomic mass is 32.2. The Morgan fingerprint density at radius 2 is 1.91 bits per heavy atom. The molecule has 7 heteroatoms. The fraction of sp³-hybridized carbons (Fsp3) is 0.125. The number of aromatic amines is 1. The molecule has 0 fully saturated rings. The summed E-state index contributed by atoms with van der Waals surface area (Å²) >= 11 is 1.40. The van der Waals surface area contributed by atoms with Crippen molar-refractivity contribution in [3.05, 3.63) is 59.2 Å². The molecular weight excluding hydrogens is 322 g/mol. The van der Waals surface area contributed by atoms with Gasteiger partial charge in [-0.25, -0.2) is 18.6 Å². The van der Waals surface area contributed by atoms with E-state index in [0.717, 1.165) is 17.7 Å². The van der Waals surface area contributed by atoms with Crippen molar-refractivity contribution in [2.75, 3.05) is 7.11 Å². The van der Waals surface area contributed by atoms with Crippen molar-refractivity contribution in [2.45, 2.75) is 10.9 Å². The number of fused-ring (bicyclic) bond motifs is 1. The Labute approximate surface area is 134 Å². The highest BCUT2D eigenvalue weighted by Crippen LogP contribution is 2.24. The number of ether oxygens (including phenoxy) is 1. The third-order valence-corrected chi connectivity index (χ3v) is 4.20. The standard InChI is InChI=1S/C16H12F2N2O2S/c1-22-15(21)10-4-2-9(3-5-10)8-23-16-19-13-6-11(17)12(18)7-14(13)20-16/h2-7H,8H2,1H3,(H,19,20). The Morgan fingerprint density at radius 3 is 2.61 bits per heavy atom. The number of carbonyl (C=O) groups is 1. The number of methoxy groups -OCH3 is 1. The fourth-order valence-corrected chi connectivity index (χ4v) is 2.90. The van der Waals surface area contributed by atoms with Crippen LogP contribution in [0.4, 0.5) is 8.78 Å². The third kappa shape index (κ3) is 3.34. The number of imidazole rings is 1. The van der Waals surface area contributed by atoms with Crippen LogP contribution in [0, 0.1) is 11.6 Å². The number of hydrogen-bond donors (Lipinski definition) is 1. The van der Waals surface area contributed by atoms with E-state index < -0.39 is 11.6 Å². The maximum Gasteiger partial charge on any atom is 0.337 e. The quantitative estimate of drug-likeness (QED) is 0.580. The zero-order valence-electron chi connectivity index (χ0n) is 12.1. The molecule has 3 aromatic rings. The largest absolute Gasteiger partial charge is 0.465 e. The molecule has 0 saturated heterocycles. The number of esters is 1. The fourth-order valence-electron chi connectivity index (χ4n) is 2.06. The molecule has 2 aromatic carbocycles. The van der Waals surface area contributed by atoms with E-state index in [1.165, 1.54) is 18.9 Å². The molecular formula is C16H12F2N2O2S. The topological polar surface area (TPSA) is 55.0 Å². The zero-order chi connectivity index (χ0) is 16.4. The maximum absolute atomic E-state index is 13.2. The molecule has 1 heterocycles. The highest BCUT2D eigenvalue weighted by Gasteiger charge is 2.09. The number of halogens is 2. The van der Waals surface area contributed by atoms with Crippen LogP contribution in [-0.4, -0.2) is 23.0 Å². The first-order valence-corrected chi connectivity index (χ1v) is 7.70. The lowest BCUT2D eigenvalue weighted by Gasteiger charge is -2.02. The second-order valence-corrected chi connectivity index (χ2v) is 5.77. The van der Waals surface area contributed by atoms with Crippen LogP contribution in [0.25, 0.3) is 11.0 Å². The molecule has 4 nitrogen and oxygen atoms in total. The van der Waals surface area contributed by atoms with Crippen LogP contribution in [0.15, 0.2) is 41.6 Å². The molecule has 0 aliphatic heterocycles. The van der Waals surface area contributed by atoms with Crippen LogP contribution in [0.3, 0.4) is 0 Å². The van der Waals surface area contributed by atoms with Crippen molar-refractivity contribution in [2.24, 2.45) is 0 Å². The molecule has 0 amide bonds. The average Bonchev–Trinajstić information content (AvgIpc) is 2.95. The lowest BCUT2D eigenvalue weighted by Crippen LogP contribution is -2.00. The highest BCUT2D eigenvalue weighted by molar-refractivity contribution is 7.98. The van der Waals surface area contributed by atoms with Gasteiger partial charge in [0.05, 0.1) is 23.7 Å². The van der Waals surface area contributed by atoms with Crippen LogP contribution >= 0.6 is 11.8 Å². The van der Waals surface area contributed by atoms with E-state index >= 15 is 0 Å². The number of carbonyl (C=O) groups excluding carboxylic acids is 1. The number of thioether (sulfide) groups is 1. The van der Waals surface area contributed by atoms with Gasteiger partial charge in [0.15, 0.2) is 16.8 Å². The lowest BCUT2D eigenvalue weighted by molar-refractivity contribution is 0.0600. The van der Waals surface area contributed by atoms with Gasteiger partial charge in [0, 0.05) is 17.9 Å². The molecule has 0 bridgehead atoms. The van der Waals surface area contributed by atoms with Gasteiger partial charge in [0.1, 0.15) is 0 Å². The van der Waals surface area contributed by atoms with E-state index in [-0.39, 0.29) is 5.97 Å². The van der Waals surface area contributed by atoms with E-state index in [9.17, 15) is 13.6 Å². The first-order chi connectivity index (χ1) is 11.1. The number of hydrogen-bond acceptors (Lipinski definition) is 4. The van der Waals surface area contributed by atoms with Gasteiger partial charge in [-0.05, 0) is 17.7 Å². The summed E-state index contributed by atoms with van der Waals surface area (Å²) in [6.07, 6.45) is 0. The van der Waals surface area contributed by atoms with Gasteiger partial charge in [-0.3, -0.25) is 0 Å². The van der Waals surface area contributed by atoms with Gasteiger partial charge in [-0.2, -0.15) is 0 Å². The Kier molecular flexibility index (Phi) is 4.29. The Morgan fingerprint density at radius 1 is 1.22 bits per heavy atom. The molecule has 0 aliphatic carbocycles. The molecule has 3 rings (SSSR count). The average molecular weight is 334 g/mol. The second kappa shape index (κ2) is 6.37. The number of nitrogens with one attached hydrogen (secondary N) is 1. The first kappa shape index (κ1) is 15.5. The monoisotopic (exact) mass is 334 g/mol. The number of nitrogens with zero attached hydrogens (tertiary/aromatic N) is 1. The van der Waals surface area contributed by atoms with Gasteiger partial charge >= 0.3 is 5.97 Å². The third-order valence-electron chi connectivity index (χ3n) is 3.25. The summed E-state index contributed by atoms with van der Waals surface area (Å²) in [6, 6.07) is 9.17. The Hall–Kier alpha value is -2.41. The minimum atomic E-state index is -0.918. The van der Waals surface area contributed by atoms with Crippen molar-refractivity contribution >= 4 is 28.8 Å². The van der Waals surface area contributed by atoms with Crippen LogP contribution in [-0.2, 0) is 10.5 Å². The zero-order valence-corrected chi connectivity index (χ0v) is 12.9. The van der Waals surface area contributed by atoms with Gasteiger partial charge < -0.3 is 9.72 Å². The molecule has 1 N–H and O–H groups in total. The summed E-state index contributed by atoms with van der Waals surface area (Å²) in [5.74, 6) is -1.60. The maximum atomic E-state index is 13.2. The summed E-state index contributed by atoms with van der Waals surface area (Å²) < 4.78 is 31.0. The number of H-pyrrole nitrogens is 1. The van der Waals surface area contributed by atoms with Gasteiger partial charge in [-0.15, -0.1) is 0 Å². The Bertz CT molecular complexity index is 823. The van der Waals surface area contributed by atoms with Crippen molar-refractivity contribution in [1.29, 1.82) is 0 Å². The van der Waals surface area contributed by atoms with Crippen LogP contribution in [0.2, 0.25) is 0 Å². The molecule has 0 aliphatic rings. The first-order valence-electron chi connectivity index (χ1n) is 6.71. The molecule has 0 spiro atoms. The number of benzene rings is 2. The molecule has 23 heavy (non-hydrogen) atoms. The molecule has 0 radical (unpaired) electrons. The molecule has 0 atom stereocenters. The summed E-state index contributed by atoms with van der Waals surface area (Å²) in [6.45, 7) is 0. The van der Waals surface area contributed by atoms with E-state index in [1.54, 1.807) is 12.1 Å². The van der Waals surface area contributed by atoms with Crippen molar-refractivity contribution in [1.82, 2.24) is 9.97 Å². The predicted molar refractivity (Wildman–Crippen MR) is 83.4 cm³/mol. The SMILES string of the molecule is COC(=O)c1ccc(CSc2nc3cc(F)c(F)cc3[nH]2)cc1. The number of rotatable bonds is 4. The molecule has 0 saturated carbocycles. The molecule has 118 valence electrons. The summed E-state index contributed by atoms with van der Waals surface area (Å²) in [5.41, 5.74) is 2.30. The Balaban J connectivity index is 1.71. The minimum Gasteiger partial charge on any atom is -0.465 e. The predicted octanol–water partition coefficient (Wildman–Crippen LogP) is 3.92. The minimum absolute atomic E-state index is 0.382. The summed E-state index contributed by atoms with van der Waals surface area (Å²) in [4.78, 5) is 18.5. The normalized spacial score (nSPS) is 10.9. The second-order valence-electron chi connectivity index (χ2n) is 4.80. The van der Waals surface area contributed by atoms with Gasteiger partial charge in [0.2, 0.25) is 0 Å². The van der Waals surface area contributed by atoms with Gasteiger partial charge in [0.25, 0.3) is 0 Å². The number of aromatic nitrogens is 2. The van der Waals surface area contributed by atoms with E-state index in [4.69, 9.17) is 0 Å². The molecule has 0 unspecified atom stereocenters. The van der Waals surface area contributed by atoms with Crippen LogP contribution in [0.1, 0.15) is 15.9 Å². The van der Waals surface area contributed by atoms with Crippen molar-refractivity contribution in [3.8, 4) is 0 Å². The van der Waals surface area contributed by atoms with E-state index in [1.807, 2.05) is 12.1 Å². The lowest BCUT2D eigenvalue weighted by atomic mass is 10.1. The summed E-state index contributed by atoms with van der Waals surface area (Å²) in [5, 5.41) is 0.571. The van der Waals surface area contributed by atoms with E-state index in [2.05, 4.69) is 14.7 Å². The smallest absolute Gasteiger partial charge is 0.337 e. The summed E-state index contributed by atoms with van der Waals surface area (Å²) in [7, 11) is 1.33. The van der Waals surface area contributed by atoms with Crippen molar-refractivity contribution in [3.63, 3.8) is 0 Å². The van der Waals surface area contributed by atoms with E-state index in [0.29, 0.717) is 27.5 Å². The van der Waals surface area contributed by atoms with Gasteiger partial charge in [-0.1, -0.05) is 23.9 Å². The van der Waals surface area contributed by atoms with Crippen LogP contribution < -0.4 is 0 Å². The van der Waals surface area contributed by atoms with Crippen molar-refractivity contribution < 1.29 is 18.3 Å². The molecule has 1 aromatic heterocycles.